The highest BCUT2D eigenvalue weighted by Crippen LogP contribution is 2.20. The van der Waals surface area contributed by atoms with Crippen molar-refractivity contribution in [1.82, 2.24) is 0 Å². The fourth-order valence-electron chi connectivity index (χ4n) is 0.958. The second kappa shape index (κ2) is 7.06. The molecule has 1 unspecified atom stereocenters. The number of hydrogen-bond donors (Lipinski definition) is 1. The van der Waals surface area contributed by atoms with E-state index >= 15 is 0 Å². The van der Waals surface area contributed by atoms with Crippen molar-refractivity contribution in [3.8, 4) is 0 Å². The largest absolute Gasteiger partial charge is 0.393 e. The highest BCUT2D eigenvalue weighted by molar-refractivity contribution is 4.50. The Labute approximate surface area is 82.1 Å². The lowest BCUT2D eigenvalue weighted by Crippen LogP contribution is -2.09. The summed E-state index contributed by atoms with van der Waals surface area (Å²) in [5.41, 5.74) is 0. The molecular weight excluding hydrogens is 197 g/mol. The third kappa shape index (κ3) is 11.7. The van der Waals surface area contributed by atoms with Gasteiger partial charge >= 0.3 is 6.18 Å². The van der Waals surface area contributed by atoms with E-state index in [-0.39, 0.29) is 19.1 Å². The van der Waals surface area contributed by atoms with E-state index in [1.54, 1.807) is 6.92 Å². The lowest BCUT2D eigenvalue weighted by Gasteiger charge is -2.07. The van der Waals surface area contributed by atoms with Gasteiger partial charge in [-0.1, -0.05) is 0 Å². The molecule has 0 aliphatic heterocycles. The van der Waals surface area contributed by atoms with Crippen molar-refractivity contribution < 1.29 is 23.0 Å². The van der Waals surface area contributed by atoms with Crippen LogP contribution in [0, 0.1) is 0 Å². The summed E-state index contributed by atoms with van der Waals surface area (Å²) in [4.78, 5) is 0. The second-order valence-electron chi connectivity index (χ2n) is 3.32. The van der Waals surface area contributed by atoms with E-state index in [1.807, 2.05) is 0 Å². The Kier molecular flexibility index (Phi) is 6.92. The van der Waals surface area contributed by atoms with Crippen LogP contribution in [0.4, 0.5) is 13.2 Å². The minimum absolute atomic E-state index is 0.0121. The van der Waals surface area contributed by atoms with E-state index in [0.29, 0.717) is 19.4 Å². The van der Waals surface area contributed by atoms with Crippen molar-refractivity contribution in [2.75, 3.05) is 13.2 Å². The summed E-state index contributed by atoms with van der Waals surface area (Å²) in [6.45, 7) is 2.23. The topological polar surface area (TPSA) is 29.5 Å². The minimum atomic E-state index is -4.08. The lowest BCUT2D eigenvalue weighted by molar-refractivity contribution is -0.137. The second-order valence-corrected chi connectivity index (χ2v) is 3.32. The summed E-state index contributed by atoms with van der Waals surface area (Å²) in [5.74, 6) is 0. The first kappa shape index (κ1) is 13.7. The van der Waals surface area contributed by atoms with Gasteiger partial charge in [0, 0.05) is 19.6 Å². The van der Waals surface area contributed by atoms with Gasteiger partial charge in [0.05, 0.1) is 6.10 Å². The Morgan fingerprint density at radius 3 is 2.29 bits per heavy atom. The number of ether oxygens (including phenoxy) is 1. The molecule has 0 aromatic carbocycles. The molecule has 0 saturated heterocycles. The molecule has 14 heavy (non-hydrogen) atoms. The summed E-state index contributed by atoms with van der Waals surface area (Å²) in [6, 6.07) is 0. The minimum Gasteiger partial charge on any atom is -0.393 e. The fraction of sp³-hybridized carbons (Fsp3) is 1.00. The maximum Gasteiger partial charge on any atom is 0.389 e. The standard InChI is InChI=1S/C9H17F3O2/c1-8(13)4-2-6-14-7-3-5-9(10,11)12/h8,13H,2-7H2,1H3. The van der Waals surface area contributed by atoms with E-state index < -0.39 is 12.6 Å². The Morgan fingerprint density at radius 1 is 1.21 bits per heavy atom. The van der Waals surface area contributed by atoms with Crippen LogP contribution in [0.2, 0.25) is 0 Å². The lowest BCUT2D eigenvalue weighted by atomic mass is 10.2. The highest BCUT2D eigenvalue weighted by atomic mass is 19.4. The zero-order valence-electron chi connectivity index (χ0n) is 8.31. The molecule has 0 aliphatic rings. The average molecular weight is 214 g/mol. The molecule has 2 nitrogen and oxygen atoms in total. The van der Waals surface area contributed by atoms with Gasteiger partial charge in [0.15, 0.2) is 0 Å². The molecular formula is C9H17F3O2. The molecule has 0 fully saturated rings. The van der Waals surface area contributed by atoms with Crippen LogP contribution in [0.15, 0.2) is 0 Å². The van der Waals surface area contributed by atoms with Crippen LogP contribution in [0.25, 0.3) is 0 Å². The SMILES string of the molecule is CC(O)CCCOCCCC(F)(F)F. The van der Waals surface area contributed by atoms with E-state index in [9.17, 15) is 13.2 Å². The van der Waals surface area contributed by atoms with Crippen LogP contribution >= 0.6 is 0 Å². The molecule has 1 N–H and O–H groups in total. The van der Waals surface area contributed by atoms with Crippen molar-refractivity contribution in [3.63, 3.8) is 0 Å². The molecule has 0 aliphatic carbocycles. The van der Waals surface area contributed by atoms with Gasteiger partial charge in [-0.2, -0.15) is 13.2 Å². The van der Waals surface area contributed by atoms with Gasteiger partial charge in [-0.15, -0.1) is 0 Å². The Balaban J connectivity index is 3.07. The van der Waals surface area contributed by atoms with Gasteiger partial charge < -0.3 is 9.84 Å². The van der Waals surface area contributed by atoms with Crippen LogP contribution in [0.3, 0.4) is 0 Å². The molecule has 0 aromatic heterocycles. The molecule has 0 amide bonds. The Bertz CT molecular complexity index is 135. The van der Waals surface area contributed by atoms with Crippen molar-refractivity contribution in [2.45, 2.75) is 44.9 Å². The molecule has 0 heterocycles. The molecule has 5 heteroatoms. The van der Waals surface area contributed by atoms with Gasteiger partial charge in [0.25, 0.3) is 0 Å². The molecule has 0 aromatic rings. The van der Waals surface area contributed by atoms with Gasteiger partial charge in [0.2, 0.25) is 0 Å². The van der Waals surface area contributed by atoms with Crippen LogP contribution in [0.1, 0.15) is 32.6 Å². The van der Waals surface area contributed by atoms with Crippen LogP contribution in [-0.2, 0) is 4.74 Å². The maximum atomic E-state index is 11.6. The fourth-order valence-corrected chi connectivity index (χ4v) is 0.958. The van der Waals surface area contributed by atoms with Crippen molar-refractivity contribution in [2.24, 2.45) is 0 Å². The molecule has 86 valence electrons. The maximum absolute atomic E-state index is 11.6. The third-order valence-corrected chi connectivity index (χ3v) is 1.66. The number of alkyl halides is 3. The molecule has 0 saturated carbocycles. The number of rotatable bonds is 7. The zero-order valence-corrected chi connectivity index (χ0v) is 8.31. The predicted octanol–water partition coefficient (Wildman–Crippen LogP) is 2.51. The smallest absolute Gasteiger partial charge is 0.389 e. The van der Waals surface area contributed by atoms with E-state index in [0.717, 1.165) is 0 Å². The average Bonchev–Trinajstić information content (AvgIpc) is 2.00. The van der Waals surface area contributed by atoms with E-state index in [4.69, 9.17) is 9.84 Å². The quantitative estimate of drug-likeness (QED) is 0.660. The van der Waals surface area contributed by atoms with Gasteiger partial charge in [0.1, 0.15) is 0 Å². The van der Waals surface area contributed by atoms with Gasteiger partial charge in [-0.3, -0.25) is 0 Å². The third-order valence-electron chi connectivity index (χ3n) is 1.66. The first-order chi connectivity index (χ1) is 6.42. The molecule has 0 radical (unpaired) electrons. The summed E-state index contributed by atoms with van der Waals surface area (Å²) in [6.07, 6.45) is -3.91. The first-order valence-electron chi connectivity index (χ1n) is 4.74. The number of aliphatic hydroxyl groups is 1. The van der Waals surface area contributed by atoms with E-state index in [2.05, 4.69) is 0 Å². The summed E-state index contributed by atoms with van der Waals surface area (Å²) < 4.78 is 39.9. The number of hydrogen-bond acceptors (Lipinski definition) is 2. The Hall–Kier alpha value is -0.290. The van der Waals surface area contributed by atoms with Crippen LogP contribution in [0.5, 0.6) is 0 Å². The molecule has 0 spiro atoms. The number of halogens is 3. The monoisotopic (exact) mass is 214 g/mol. The van der Waals surface area contributed by atoms with E-state index in [1.165, 1.54) is 0 Å². The normalized spacial score (nSPS) is 14.4. The highest BCUT2D eigenvalue weighted by Gasteiger charge is 2.25. The molecule has 0 rings (SSSR count). The zero-order chi connectivity index (χ0) is 11.0. The van der Waals surface area contributed by atoms with Crippen molar-refractivity contribution in [1.29, 1.82) is 0 Å². The van der Waals surface area contributed by atoms with Gasteiger partial charge in [-0.25, -0.2) is 0 Å². The summed E-state index contributed by atoms with van der Waals surface area (Å²) >= 11 is 0. The summed E-state index contributed by atoms with van der Waals surface area (Å²) in [7, 11) is 0. The van der Waals surface area contributed by atoms with Crippen LogP contribution in [-0.4, -0.2) is 30.6 Å². The molecule has 0 bridgehead atoms. The van der Waals surface area contributed by atoms with Crippen molar-refractivity contribution >= 4 is 0 Å². The predicted molar refractivity (Wildman–Crippen MR) is 47.0 cm³/mol. The number of aliphatic hydroxyl groups excluding tert-OH is 1. The van der Waals surface area contributed by atoms with Gasteiger partial charge in [-0.05, 0) is 26.2 Å². The summed E-state index contributed by atoms with van der Waals surface area (Å²) in [5, 5.41) is 8.86. The van der Waals surface area contributed by atoms with Crippen LogP contribution < -0.4 is 0 Å². The van der Waals surface area contributed by atoms with Crippen molar-refractivity contribution in [3.05, 3.63) is 0 Å². The first-order valence-corrected chi connectivity index (χ1v) is 4.74. The Morgan fingerprint density at radius 2 is 1.79 bits per heavy atom. The molecule has 1 atom stereocenters.